The molecule has 150 valence electrons. The highest BCUT2D eigenvalue weighted by Crippen LogP contribution is 2.31. The molecule has 10 nitrogen and oxygen atoms in total. The third kappa shape index (κ3) is 4.08. The lowest BCUT2D eigenvalue weighted by Gasteiger charge is -2.20. The summed E-state index contributed by atoms with van der Waals surface area (Å²) in [6.07, 6.45) is 4.42. The highest BCUT2D eigenvalue weighted by Gasteiger charge is 2.39. The van der Waals surface area contributed by atoms with Crippen molar-refractivity contribution < 1.29 is 16.8 Å². The molecule has 0 aliphatic heterocycles. The second-order valence-electron chi connectivity index (χ2n) is 6.72. The summed E-state index contributed by atoms with van der Waals surface area (Å²) < 4.78 is 57.6. The number of nitrogens with zero attached hydrogens (tertiary/aromatic N) is 5. The molecule has 0 radical (unpaired) electrons. The van der Waals surface area contributed by atoms with Gasteiger partial charge in [-0.2, -0.15) is 4.31 Å². The van der Waals surface area contributed by atoms with Gasteiger partial charge >= 0.3 is 0 Å². The average molecular weight is 417 g/mol. The fourth-order valence-electron chi connectivity index (χ4n) is 2.65. The Balaban J connectivity index is 1.72. The molecule has 12 heteroatoms. The van der Waals surface area contributed by atoms with Gasteiger partial charge in [0.15, 0.2) is 10.1 Å². The van der Waals surface area contributed by atoms with Crippen molar-refractivity contribution in [3.05, 3.63) is 24.0 Å². The third-order valence-corrected chi connectivity index (χ3v) is 7.75. The molecule has 1 aliphatic carbocycles. The number of aromatic nitrogens is 4. The SMILES string of the molecule is Cc1nc(S(=O)(=O)NCCN(C2CC2)S(=O)(=O)c2cn(C)c(C)n2)cn1C. The van der Waals surface area contributed by atoms with E-state index in [1.54, 1.807) is 37.1 Å². The lowest BCUT2D eigenvalue weighted by atomic mass is 10.6. The maximum atomic E-state index is 12.9. The summed E-state index contributed by atoms with van der Waals surface area (Å²) in [5.41, 5.74) is 0. The second kappa shape index (κ2) is 7.00. The summed E-state index contributed by atoms with van der Waals surface area (Å²) in [5.74, 6) is 1.17. The van der Waals surface area contributed by atoms with Crippen molar-refractivity contribution >= 4 is 20.0 Å². The van der Waals surface area contributed by atoms with Gasteiger partial charge in [-0.1, -0.05) is 0 Å². The molecule has 2 aromatic heterocycles. The average Bonchev–Trinajstić information content (AvgIpc) is 3.27. The number of nitrogens with one attached hydrogen (secondary N) is 1. The summed E-state index contributed by atoms with van der Waals surface area (Å²) >= 11 is 0. The van der Waals surface area contributed by atoms with Gasteiger partial charge in [-0.3, -0.25) is 0 Å². The first-order valence-electron chi connectivity index (χ1n) is 8.54. The molecule has 0 atom stereocenters. The van der Waals surface area contributed by atoms with E-state index in [1.807, 2.05) is 0 Å². The van der Waals surface area contributed by atoms with Crippen LogP contribution >= 0.6 is 0 Å². The molecule has 27 heavy (non-hydrogen) atoms. The molecule has 1 saturated carbocycles. The Morgan fingerprint density at radius 3 is 2.00 bits per heavy atom. The van der Waals surface area contributed by atoms with Crippen molar-refractivity contribution in [1.29, 1.82) is 0 Å². The largest absolute Gasteiger partial charge is 0.337 e. The minimum atomic E-state index is -3.80. The minimum Gasteiger partial charge on any atom is -0.337 e. The van der Waals surface area contributed by atoms with E-state index in [2.05, 4.69) is 14.7 Å². The van der Waals surface area contributed by atoms with Crippen molar-refractivity contribution in [2.24, 2.45) is 14.1 Å². The standard InChI is InChI=1S/C15H24N6O4S2/c1-11-17-14(9-19(11)3)26(22,23)16-7-8-21(13-5-6-13)27(24,25)15-10-20(4)12(2)18-15/h9-10,13,16H,5-8H2,1-4H3. The van der Waals surface area contributed by atoms with Gasteiger partial charge < -0.3 is 9.13 Å². The Morgan fingerprint density at radius 1 is 1.04 bits per heavy atom. The second-order valence-corrected chi connectivity index (χ2v) is 10.3. The van der Waals surface area contributed by atoms with E-state index in [0.29, 0.717) is 11.6 Å². The molecule has 0 amide bonds. The van der Waals surface area contributed by atoms with E-state index < -0.39 is 20.0 Å². The van der Waals surface area contributed by atoms with Crippen molar-refractivity contribution in [2.75, 3.05) is 13.1 Å². The van der Waals surface area contributed by atoms with Crippen LogP contribution in [0.2, 0.25) is 0 Å². The van der Waals surface area contributed by atoms with Gasteiger partial charge in [-0.05, 0) is 26.7 Å². The minimum absolute atomic E-state index is 0.0161. The van der Waals surface area contributed by atoms with Gasteiger partial charge in [-0.15, -0.1) is 0 Å². The third-order valence-electron chi connectivity index (χ3n) is 4.60. The molecule has 1 fully saturated rings. The first kappa shape index (κ1) is 20.0. The Labute approximate surface area is 159 Å². The molecule has 0 aromatic carbocycles. The molecule has 0 spiro atoms. The molecule has 3 rings (SSSR count). The van der Waals surface area contributed by atoms with Crippen LogP contribution in [0, 0.1) is 13.8 Å². The van der Waals surface area contributed by atoms with E-state index in [4.69, 9.17) is 0 Å². The van der Waals surface area contributed by atoms with E-state index in [-0.39, 0.29) is 29.2 Å². The summed E-state index contributed by atoms with van der Waals surface area (Å²) in [5, 5.41) is -0.0960. The maximum Gasteiger partial charge on any atom is 0.262 e. The number of hydrogen-bond donors (Lipinski definition) is 1. The molecule has 0 saturated heterocycles. The van der Waals surface area contributed by atoms with E-state index in [1.165, 1.54) is 16.7 Å². The van der Waals surface area contributed by atoms with Gasteiger partial charge in [0, 0.05) is 45.6 Å². The molecule has 0 bridgehead atoms. The summed E-state index contributed by atoms with van der Waals surface area (Å²) in [4.78, 5) is 8.12. The van der Waals surface area contributed by atoms with Gasteiger partial charge in [-0.25, -0.2) is 31.5 Å². The van der Waals surface area contributed by atoms with E-state index in [9.17, 15) is 16.8 Å². The first-order valence-corrected chi connectivity index (χ1v) is 11.5. The molecular weight excluding hydrogens is 392 g/mol. The van der Waals surface area contributed by atoms with E-state index >= 15 is 0 Å². The van der Waals surface area contributed by atoms with Crippen molar-refractivity contribution in [3.63, 3.8) is 0 Å². The quantitative estimate of drug-likeness (QED) is 0.642. The fraction of sp³-hybridized carbons (Fsp3) is 0.600. The monoisotopic (exact) mass is 416 g/mol. The van der Waals surface area contributed by atoms with Crippen LogP contribution in [0.4, 0.5) is 0 Å². The lowest BCUT2D eigenvalue weighted by Crippen LogP contribution is -2.40. The zero-order valence-electron chi connectivity index (χ0n) is 15.7. The first-order chi connectivity index (χ1) is 12.5. The predicted octanol–water partition coefficient (Wildman–Crippen LogP) is -0.0980. The van der Waals surface area contributed by atoms with Gasteiger partial charge in [0.25, 0.3) is 20.0 Å². The molecule has 1 N–H and O–H groups in total. The number of rotatable bonds is 8. The van der Waals surface area contributed by atoms with Crippen LogP contribution in [0.3, 0.4) is 0 Å². The van der Waals surface area contributed by atoms with Gasteiger partial charge in [0.05, 0.1) is 0 Å². The maximum absolute atomic E-state index is 12.9. The van der Waals surface area contributed by atoms with Crippen molar-refractivity contribution in [2.45, 2.75) is 42.8 Å². The normalized spacial score (nSPS) is 15.6. The molecule has 2 aromatic rings. The smallest absolute Gasteiger partial charge is 0.262 e. The molecular formula is C15H24N6O4S2. The molecule has 0 unspecified atom stereocenters. The fourth-order valence-corrected chi connectivity index (χ4v) is 5.42. The zero-order chi connectivity index (χ0) is 20.0. The van der Waals surface area contributed by atoms with Crippen LogP contribution in [-0.2, 0) is 34.1 Å². The van der Waals surface area contributed by atoms with Crippen LogP contribution in [0.15, 0.2) is 22.4 Å². The van der Waals surface area contributed by atoms with Crippen LogP contribution in [-0.4, -0.2) is 59.4 Å². The Morgan fingerprint density at radius 2 is 1.56 bits per heavy atom. The number of hydrogen-bond acceptors (Lipinski definition) is 6. The van der Waals surface area contributed by atoms with Gasteiger partial charge in [0.1, 0.15) is 11.6 Å². The van der Waals surface area contributed by atoms with Gasteiger partial charge in [0.2, 0.25) is 0 Å². The lowest BCUT2D eigenvalue weighted by molar-refractivity contribution is 0.404. The van der Waals surface area contributed by atoms with Crippen LogP contribution in [0.25, 0.3) is 0 Å². The predicted molar refractivity (Wildman–Crippen MR) is 98.0 cm³/mol. The molecule has 2 heterocycles. The molecule has 1 aliphatic rings. The van der Waals surface area contributed by atoms with Crippen LogP contribution in [0.5, 0.6) is 0 Å². The highest BCUT2D eigenvalue weighted by atomic mass is 32.2. The van der Waals surface area contributed by atoms with Crippen molar-refractivity contribution in [1.82, 2.24) is 28.1 Å². The summed E-state index contributed by atoms with van der Waals surface area (Å²) in [6, 6.07) is -0.112. The Hall–Kier alpha value is -1.76. The van der Waals surface area contributed by atoms with Crippen molar-refractivity contribution in [3.8, 4) is 0 Å². The highest BCUT2D eigenvalue weighted by molar-refractivity contribution is 7.89. The Bertz CT molecular complexity index is 1010. The number of aryl methyl sites for hydroxylation is 4. The Kier molecular flexibility index (Phi) is 5.18. The van der Waals surface area contributed by atoms with Crippen LogP contribution in [0.1, 0.15) is 24.5 Å². The summed E-state index contributed by atoms with van der Waals surface area (Å²) in [6.45, 7) is 3.42. The van der Waals surface area contributed by atoms with E-state index in [0.717, 1.165) is 12.8 Å². The summed E-state index contributed by atoms with van der Waals surface area (Å²) in [7, 11) is -4.14. The number of imidazole rings is 2. The van der Waals surface area contributed by atoms with Crippen LogP contribution < -0.4 is 4.72 Å². The zero-order valence-corrected chi connectivity index (χ0v) is 17.4. The number of sulfonamides is 2. The topological polar surface area (TPSA) is 119 Å².